The third-order valence-corrected chi connectivity index (χ3v) is 5.25. The van der Waals surface area contributed by atoms with E-state index in [4.69, 9.17) is 14.3 Å². The summed E-state index contributed by atoms with van der Waals surface area (Å²) in [5, 5.41) is 22.4. The summed E-state index contributed by atoms with van der Waals surface area (Å²) in [6, 6.07) is 6.55. The van der Waals surface area contributed by atoms with Crippen molar-refractivity contribution in [3.8, 4) is 11.5 Å². The number of aliphatic hydroxyl groups excluding tert-OH is 1. The fourth-order valence-electron chi connectivity index (χ4n) is 3.48. The van der Waals surface area contributed by atoms with Crippen LogP contribution in [0.4, 0.5) is 30.6 Å². The van der Waals surface area contributed by atoms with Gasteiger partial charge in [0.2, 0.25) is 0 Å². The van der Waals surface area contributed by atoms with Gasteiger partial charge in [-0.2, -0.15) is 0 Å². The topological polar surface area (TPSA) is 95.7 Å². The van der Waals surface area contributed by atoms with Crippen LogP contribution in [-0.4, -0.2) is 66.2 Å². The SMILES string of the molecule is OCCc1ccc(Nc2c(-c3nnc(NCCN4CCOCC4)o3)ccc(F)c2F)c(F)c1. The summed E-state index contributed by atoms with van der Waals surface area (Å²) in [4.78, 5) is 2.23. The lowest BCUT2D eigenvalue weighted by Gasteiger charge is -2.26. The molecule has 0 spiro atoms. The number of nitrogens with one attached hydrogen (secondary N) is 2. The van der Waals surface area contributed by atoms with Crippen molar-refractivity contribution < 1.29 is 27.4 Å². The van der Waals surface area contributed by atoms with Gasteiger partial charge in [-0.05, 0) is 36.2 Å². The van der Waals surface area contributed by atoms with Gasteiger partial charge in [-0.15, -0.1) is 5.10 Å². The number of morpholine rings is 1. The first-order valence-electron chi connectivity index (χ1n) is 10.6. The Kier molecular flexibility index (Phi) is 7.43. The van der Waals surface area contributed by atoms with Crippen molar-refractivity contribution in [2.75, 3.05) is 56.6 Å². The minimum absolute atomic E-state index is 0.0532. The van der Waals surface area contributed by atoms with Gasteiger partial charge in [-0.25, -0.2) is 13.2 Å². The first kappa shape index (κ1) is 23.0. The summed E-state index contributed by atoms with van der Waals surface area (Å²) >= 11 is 0. The number of halogens is 3. The molecule has 3 aromatic rings. The van der Waals surface area contributed by atoms with E-state index in [2.05, 4.69) is 25.7 Å². The number of benzene rings is 2. The van der Waals surface area contributed by atoms with Crippen molar-refractivity contribution in [3.63, 3.8) is 0 Å². The molecule has 176 valence electrons. The number of hydrogen-bond acceptors (Lipinski definition) is 8. The van der Waals surface area contributed by atoms with E-state index in [1.54, 1.807) is 6.07 Å². The molecule has 1 saturated heterocycles. The lowest BCUT2D eigenvalue weighted by atomic mass is 10.1. The number of ether oxygens (including phenoxy) is 1. The normalized spacial score (nSPS) is 14.4. The van der Waals surface area contributed by atoms with Gasteiger partial charge < -0.3 is 24.9 Å². The molecule has 3 N–H and O–H groups in total. The quantitative estimate of drug-likeness (QED) is 0.446. The maximum Gasteiger partial charge on any atom is 0.315 e. The second-order valence-corrected chi connectivity index (χ2v) is 7.49. The minimum Gasteiger partial charge on any atom is -0.403 e. The number of rotatable bonds is 9. The molecule has 2 aromatic carbocycles. The van der Waals surface area contributed by atoms with Crippen LogP contribution >= 0.6 is 0 Å². The van der Waals surface area contributed by atoms with Crippen molar-refractivity contribution >= 4 is 17.4 Å². The number of anilines is 3. The third-order valence-electron chi connectivity index (χ3n) is 5.25. The largest absolute Gasteiger partial charge is 0.403 e. The van der Waals surface area contributed by atoms with Crippen molar-refractivity contribution in [2.24, 2.45) is 0 Å². The molecule has 1 fully saturated rings. The van der Waals surface area contributed by atoms with Crippen LogP contribution in [0.2, 0.25) is 0 Å². The molecule has 4 rings (SSSR count). The third kappa shape index (κ3) is 5.62. The zero-order valence-electron chi connectivity index (χ0n) is 17.8. The predicted octanol–water partition coefficient (Wildman–Crippen LogP) is 3.18. The molecule has 1 aromatic heterocycles. The molecule has 0 amide bonds. The van der Waals surface area contributed by atoms with Crippen LogP contribution in [0.3, 0.4) is 0 Å². The maximum absolute atomic E-state index is 14.7. The summed E-state index contributed by atoms with van der Waals surface area (Å²) in [6.45, 7) is 4.26. The summed E-state index contributed by atoms with van der Waals surface area (Å²) in [7, 11) is 0. The number of nitrogens with zero attached hydrogens (tertiary/aromatic N) is 3. The van der Waals surface area contributed by atoms with Crippen LogP contribution in [0.5, 0.6) is 0 Å². The highest BCUT2D eigenvalue weighted by Gasteiger charge is 2.21. The highest BCUT2D eigenvalue weighted by atomic mass is 19.2. The Hall–Kier alpha value is -3.15. The summed E-state index contributed by atoms with van der Waals surface area (Å²) < 4.78 is 54.0. The highest BCUT2D eigenvalue weighted by Crippen LogP contribution is 2.34. The van der Waals surface area contributed by atoms with Crippen LogP contribution in [0, 0.1) is 17.5 Å². The summed E-state index contributed by atoms with van der Waals surface area (Å²) in [5.74, 6) is -3.04. The van der Waals surface area contributed by atoms with Gasteiger partial charge in [0.15, 0.2) is 11.6 Å². The molecule has 0 unspecified atom stereocenters. The first-order valence-corrected chi connectivity index (χ1v) is 10.6. The Balaban J connectivity index is 1.51. The van der Waals surface area contributed by atoms with E-state index in [9.17, 15) is 13.2 Å². The number of aromatic nitrogens is 2. The molecule has 11 heteroatoms. The van der Waals surface area contributed by atoms with E-state index in [-0.39, 0.29) is 41.9 Å². The molecular formula is C22H24F3N5O3. The van der Waals surface area contributed by atoms with Crippen LogP contribution < -0.4 is 10.6 Å². The lowest BCUT2D eigenvalue weighted by molar-refractivity contribution is 0.0398. The Labute approximate surface area is 188 Å². The minimum atomic E-state index is -1.20. The molecule has 0 radical (unpaired) electrons. The summed E-state index contributed by atoms with van der Waals surface area (Å²) in [6.07, 6.45) is 0.278. The molecule has 1 aliphatic rings. The van der Waals surface area contributed by atoms with E-state index < -0.39 is 17.5 Å². The van der Waals surface area contributed by atoms with Gasteiger partial charge in [-0.3, -0.25) is 4.90 Å². The molecule has 8 nitrogen and oxygen atoms in total. The van der Waals surface area contributed by atoms with Crippen LogP contribution in [0.15, 0.2) is 34.7 Å². The average Bonchev–Trinajstić information content (AvgIpc) is 3.28. The van der Waals surface area contributed by atoms with Gasteiger partial charge in [0.1, 0.15) is 5.82 Å². The van der Waals surface area contributed by atoms with E-state index in [1.807, 2.05) is 0 Å². The van der Waals surface area contributed by atoms with Crippen LogP contribution in [-0.2, 0) is 11.2 Å². The van der Waals surface area contributed by atoms with E-state index >= 15 is 0 Å². The Morgan fingerprint density at radius 1 is 1.03 bits per heavy atom. The Morgan fingerprint density at radius 3 is 2.61 bits per heavy atom. The van der Waals surface area contributed by atoms with E-state index in [0.717, 1.165) is 25.7 Å². The van der Waals surface area contributed by atoms with Crippen molar-refractivity contribution in [1.82, 2.24) is 15.1 Å². The molecule has 0 atom stereocenters. The van der Waals surface area contributed by atoms with Crippen LogP contribution in [0.25, 0.3) is 11.5 Å². The molecule has 2 heterocycles. The van der Waals surface area contributed by atoms with E-state index in [1.165, 1.54) is 18.2 Å². The van der Waals surface area contributed by atoms with Crippen molar-refractivity contribution in [3.05, 3.63) is 53.3 Å². The predicted molar refractivity (Wildman–Crippen MR) is 116 cm³/mol. The van der Waals surface area contributed by atoms with Gasteiger partial charge in [0, 0.05) is 32.8 Å². The monoisotopic (exact) mass is 463 g/mol. The maximum atomic E-state index is 14.7. The van der Waals surface area contributed by atoms with Crippen molar-refractivity contribution in [2.45, 2.75) is 6.42 Å². The number of aliphatic hydroxyl groups is 1. The molecule has 1 aliphatic heterocycles. The molecule has 0 aliphatic carbocycles. The zero-order valence-corrected chi connectivity index (χ0v) is 17.8. The molecular weight excluding hydrogens is 439 g/mol. The molecule has 0 bridgehead atoms. The Bertz CT molecular complexity index is 1090. The molecule has 0 saturated carbocycles. The van der Waals surface area contributed by atoms with Crippen molar-refractivity contribution in [1.29, 1.82) is 0 Å². The van der Waals surface area contributed by atoms with E-state index in [0.29, 0.717) is 25.3 Å². The fourth-order valence-corrected chi connectivity index (χ4v) is 3.48. The van der Waals surface area contributed by atoms with Gasteiger partial charge in [-0.1, -0.05) is 11.2 Å². The second-order valence-electron chi connectivity index (χ2n) is 7.49. The fraction of sp³-hybridized carbons (Fsp3) is 0.364. The standard InChI is InChI=1S/C22H24F3N5O3/c23-16-3-2-15(20(19(16)25)27-18-4-1-14(5-10-31)13-17(18)24)21-28-29-22(33-21)26-6-7-30-8-11-32-12-9-30/h1-4,13,27,31H,5-12H2,(H,26,29). The zero-order chi connectivity index (χ0) is 23.2. The summed E-state index contributed by atoms with van der Waals surface area (Å²) in [5.41, 5.74) is 0.268. The van der Waals surface area contributed by atoms with Gasteiger partial charge in [0.25, 0.3) is 5.89 Å². The number of hydrogen-bond donors (Lipinski definition) is 3. The molecule has 33 heavy (non-hydrogen) atoms. The van der Waals surface area contributed by atoms with Gasteiger partial charge >= 0.3 is 6.01 Å². The highest BCUT2D eigenvalue weighted by molar-refractivity contribution is 5.78. The Morgan fingerprint density at radius 2 is 1.85 bits per heavy atom. The smallest absolute Gasteiger partial charge is 0.315 e. The van der Waals surface area contributed by atoms with Gasteiger partial charge in [0.05, 0.1) is 30.2 Å². The first-order chi connectivity index (χ1) is 16.0. The average molecular weight is 463 g/mol. The lowest BCUT2D eigenvalue weighted by Crippen LogP contribution is -2.39. The second kappa shape index (κ2) is 10.6. The van der Waals surface area contributed by atoms with Crippen LogP contribution in [0.1, 0.15) is 5.56 Å².